The van der Waals surface area contributed by atoms with Gasteiger partial charge in [-0.15, -0.1) is 0 Å². The summed E-state index contributed by atoms with van der Waals surface area (Å²) in [5.41, 5.74) is 0.337. The monoisotopic (exact) mass is 320 g/mol. The third-order valence-electron chi connectivity index (χ3n) is 2.71. The van der Waals surface area contributed by atoms with Crippen molar-refractivity contribution in [3.63, 3.8) is 0 Å². The molecule has 0 saturated heterocycles. The highest BCUT2D eigenvalue weighted by Gasteiger charge is 2.11. The molecule has 20 heavy (non-hydrogen) atoms. The average molecular weight is 321 g/mol. The first-order chi connectivity index (χ1) is 9.21. The fraction of sp³-hybridized carbons (Fsp3) is 0.417. The molecule has 2 N–H and O–H groups in total. The van der Waals surface area contributed by atoms with Gasteiger partial charge in [-0.25, -0.2) is 12.7 Å². The van der Waals surface area contributed by atoms with Crippen molar-refractivity contribution in [3.8, 4) is 5.75 Å². The Kier molecular flexibility index (Phi) is 5.79. The van der Waals surface area contributed by atoms with Crippen LogP contribution in [-0.2, 0) is 10.0 Å². The lowest BCUT2D eigenvalue weighted by molar-refractivity contribution is 0.0953. The zero-order valence-corrected chi connectivity index (χ0v) is 12.8. The van der Waals surface area contributed by atoms with Gasteiger partial charge in [-0.05, 0) is 24.6 Å². The second-order valence-electron chi connectivity index (χ2n) is 4.36. The van der Waals surface area contributed by atoms with Crippen LogP contribution >= 0.6 is 11.6 Å². The lowest BCUT2D eigenvalue weighted by atomic mass is 10.2. The molecule has 0 aliphatic heterocycles. The molecule has 1 rings (SSSR count). The largest absolute Gasteiger partial charge is 0.506 e. The molecule has 0 spiro atoms. The number of phenolic OH excluding ortho intramolecular Hbond substituents is 1. The second-order valence-corrected chi connectivity index (χ2v) is 6.86. The van der Waals surface area contributed by atoms with Crippen molar-refractivity contribution in [2.45, 2.75) is 6.42 Å². The summed E-state index contributed by atoms with van der Waals surface area (Å²) in [6, 6.07) is 4.17. The van der Waals surface area contributed by atoms with Gasteiger partial charge in [0.15, 0.2) is 0 Å². The molecule has 0 aromatic heterocycles. The van der Waals surface area contributed by atoms with Crippen LogP contribution in [0.2, 0.25) is 5.02 Å². The Morgan fingerprint density at radius 3 is 2.65 bits per heavy atom. The van der Waals surface area contributed by atoms with Gasteiger partial charge >= 0.3 is 0 Å². The maximum absolute atomic E-state index is 11.8. The highest BCUT2D eigenvalue weighted by Crippen LogP contribution is 2.23. The van der Waals surface area contributed by atoms with Gasteiger partial charge in [0.25, 0.3) is 5.91 Å². The molecule has 1 aromatic rings. The molecular weight excluding hydrogens is 304 g/mol. The molecule has 0 aliphatic rings. The summed E-state index contributed by atoms with van der Waals surface area (Å²) in [6.45, 7) is 0.673. The molecule has 1 amide bonds. The van der Waals surface area contributed by atoms with E-state index in [1.165, 1.54) is 29.6 Å². The third kappa shape index (κ3) is 4.99. The normalized spacial score (nSPS) is 11.6. The Morgan fingerprint density at radius 1 is 1.45 bits per heavy atom. The Hall–Kier alpha value is -1.31. The molecule has 0 bridgehead atoms. The number of halogens is 1. The predicted molar refractivity (Wildman–Crippen MR) is 77.5 cm³/mol. The molecule has 0 atom stereocenters. The van der Waals surface area contributed by atoms with E-state index >= 15 is 0 Å². The van der Waals surface area contributed by atoms with Crippen LogP contribution in [-0.4, -0.2) is 50.1 Å². The Labute approximate surface area is 123 Å². The van der Waals surface area contributed by atoms with Crippen molar-refractivity contribution in [1.82, 2.24) is 9.62 Å². The van der Waals surface area contributed by atoms with Gasteiger partial charge in [-0.2, -0.15) is 0 Å². The zero-order valence-electron chi connectivity index (χ0n) is 11.3. The first-order valence-corrected chi connectivity index (χ1v) is 8.12. The highest BCUT2D eigenvalue weighted by molar-refractivity contribution is 7.88. The Bertz CT molecular complexity index is 589. The molecule has 0 aliphatic carbocycles. The number of carbonyl (C=O) groups excluding carboxylic acids is 1. The third-order valence-corrected chi connectivity index (χ3v) is 4.33. The van der Waals surface area contributed by atoms with Gasteiger partial charge in [0.05, 0.1) is 11.3 Å². The lowest BCUT2D eigenvalue weighted by Gasteiger charge is -2.13. The molecule has 112 valence electrons. The summed E-state index contributed by atoms with van der Waals surface area (Å²) in [4.78, 5) is 11.8. The molecular formula is C12H17ClN2O4S. The molecule has 0 saturated carbocycles. The van der Waals surface area contributed by atoms with Crippen LogP contribution in [0.4, 0.5) is 0 Å². The predicted octanol–water partition coefficient (Wildman–Crippen LogP) is 1.06. The van der Waals surface area contributed by atoms with E-state index in [2.05, 4.69) is 5.32 Å². The van der Waals surface area contributed by atoms with E-state index in [1.54, 1.807) is 0 Å². The van der Waals surface area contributed by atoms with Crippen molar-refractivity contribution in [3.05, 3.63) is 28.8 Å². The second kappa shape index (κ2) is 6.92. The number of aromatic hydroxyl groups is 1. The number of sulfonamides is 1. The smallest absolute Gasteiger partial charge is 0.251 e. The minimum absolute atomic E-state index is 0.0852. The molecule has 6 nitrogen and oxygen atoms in total. The molecule has 0 fully saturated rings. The number of nitrogens with one attached hydrogen (secondary N) is 1. The lowest BCUT2D eigenvalue weighted by Crippen LogP contribution is -2.30. The van der Waals surface area contributed by atoms with Crippen molar-refractivity contribution in [2.24, 2.45) is 0 Å². The van der Waals surface area contributed by atoms with Crippen LogP contribution in [0.5, 0.6) is 5.75 Å². The van der Waals surface area contributed by atoms with Crippen LogP contribution in [0.25, 0.3) is 0 Å². The minimum atomic E-state index is -3.19. The van der Waals surface area contributed by atoms with Crippen molar-refractivity contribution in [1.29, 1.82) is 0 Å². The van der Waals surface area contributed by atoms with Crippen LogP contribution in [0.15, 0.2) is 18.2 Å². The van der Waals surface area contributed by atoms with Crippen LogP contribution in [0, 0.1) is 0 Å². The van der Waals surface area contributed by atoms with Crippen molar-refractivity contribution < 1.29 is 18.3 Å². The number of phenols is 1. The summed E-state index contributed by atoms with van der Waals surface area (Å²) < 4.78 is 23.5. The maximum atomic E-state index is 11.8. The molecule has 0 heterocycles. The SMILES string of the molecule is CN(CCCNC(=O)c1ccc(O)c(Cl)c1)S(C)(=O)=O. The first-order valence-electron chi connectivity index (χ1n) is 5.90. The average Bonchev–Trinajstić information content (AvgIpc) is 2.36. The minimum Gasteiger partial charge on any atom is -0.506 e. The molecule has 1 aromatic carbocycles. The number of nitrogens with zero attached hydrogens (tertiary/aromatic N) is 1. The van der Waals surface area contributed by atoms with Crippen LogP contribution < -0.4 is 5.32 Å². The number of benzene rings is 1. The van der Waals surface area contributed by atoms with E-state index in [0.717, 1.165) is 6.26 Å². The summed E-state index contributed by atoms with van der Waals surface area (Å²) in [5, 5.41) is 12.0. The fourth-order valence-corrected chi connectivity index (χ4v) is 2.06. The topological polar surface area (TPSA) is 86.7 Å². The molecule has 0 radical (unpaired) electrons. The van der Waals surface area contributed by atoms with Crippen molar-refractivity contribution >= 4 is 27.5 Å². The van der Waals surface area contributed by atoms with E-state index in [9.17, 15) is 18.3 Å². The van der Waals surface area contributed by atoms with E-state index in [4.69, 9.17) is 11.6 Å². The van der Waals surface area contributed by atoms with E-state index < -0.39 is 10.0 Å². The number of rotatable bonds is 6. The first kappa shape index (κ1) is 16.7. The van der Waals surface area contributed by atoms with Crippen LogP contribution in [0.1, 0.15) is 16.8 Å². The number of hydrogen-bond donors (Lipinski definition) is 2. The summed E-state index contributed by atoms with van der Waals surface area (Å²) >= 11 is 5.71. The summed E-state index contributed by atoms with van der Waals surface area (Å²) in [6.07, 6.45) is 1.63. The van der Waals surface area contributed by atoms with E-state index in [0.29, 0.717) is 25.1 Å². The maximum Gasteiger partial charge on any atom is 0.251 e. The Balaban J connectivity index is 2.42. The van der Waals surface area contributed by atoms with Gasteiger partial charge < -0.3 is 10.4 Å². The van der Waals surface area contributed by atoms with Crippen molar-refractivity contribution in [2.75, 3.05) is 26.4 Å². The zero-order chi connectivity index (χ0) is 15.3. The highest BCUT2D eigenvalue weighted by atomic mass is 35.5. The van der Waals surface area contributed by atoms with Gasteiger partial charge in [0.1, 0.15) is 5.75 Å². The molecule has 0 unspecified atom stereocenters. The number of hydrogen-bond acceptors (Lipinski definition) is 4. The standard InChI is InChI=1S/C12H17ClN2O4S/c1-15(20(2,18)19)7-3-6-14-12(17)9-4-5-11(16)10(13)8-9/h4-5,8,16H,3,6-7H2,1-2H3,(H,14,17). The number of amides is 1. The van der Waals surface area contributed by atoms with E-state index in [1.807, 2.05) is 0 Å². The summed E-state index contributed by atoms with van der Waals surface area (Å²) in [5.74, 6) is -0.410. The molecule has 8 heteroatoms. The van der Waals surface area contributed by atoms with Gasteiger partial charge in [-0.3, -0.25) is 4.79 Å². The van der Waals surface area contributed by atoms with E-state index in [-0.39, 0.29) is 16.7 Å². The number of carbonyl (C=O) groups is 1. The van der Waals surface area contributed by atoms with Gasteiger partial charge in [0, 0.05) is 25.7 Å². The van der Waals surface area contributed by atoms with Crippen LogP contribution in [0.3, 0.4) is 0 Å². The quantitative estimate of drug-likeness (QED) is 0.767. The fourth-order valence-electron chi connectivity index (χ4n) is 1.42. The van der Waals surface area contributed by atoms with Gasteiger partial charge in [-0.1, -0.05) is 11.6 Å². The van der Waals surface area contributed by atoms with Gasteiger partial charge in [0.2, 0.25) is 10.0 Å². The summed E-state index contributed by atoms with van der Waals surface area (Å²) in [7, 11) is -1.71. The Morgan fingerprint density at radius 2 is 2.10 bits per heavy atom.